The van der Waals surface area contributed by atoms with E-state index in [9.17, 15) is 14.4 Å². The number of ether oxygens (including phenoxy) is 1. The normalized spacial score (nSPS) is 28.3. The molecule has 5 rings (SSSR count). The van der Waals surface area contributed by atoms with Crippen LogP contribution in [0.15, 0.2) is 42.5 Å². The van der Waals surface area contributed by atoms with E-state index in [-0.39, 0.29) is 47.6 Å². The van der Waals surface area contributed by atoms with Gasteiger partial charge in [-0.15, -0.1) is 0 Å². The Labute approximate surface area is 175 Å². The van der Waals surface area contributed by atoms with Gasteiger partial charge in [-0.05, 0) is 62.4 Å². The molecule has 2 aromatic carbocycles. The monoisotopic (exact) mass is 404 g/mol. The van der Waals surface area contributed by atoms with Crippen molar-refractivity contribution >= 4 is 29.2 Å². The molecular formula is C24H24N2O4. The first-order valence-electron chi connectivity index (χ1n) is 10.4. The van der Waals surface area contributed by atoms with Gasteiger partial charge >= 0.3 is 5.97 Å². The van der Waals surface area contributed by atoms with Gasteiger partial charge in [0.05, 0.1) is 11.8 Å². The van der Waals surface area contributed by atoms with Gasteiger partial charge in [-0.1, -0.05) is 23.8 Å². The molecule has 2 bridgehead atoms. The summed E-state index contributed by atoms with van der Waals surface area (Å²) in [5, 5.41) is 5.85. The summed E-state index contributed by atoms with van der Waals surface area (Å²) in [6, 6.07) is 12.7. The van der Waals surface area contributed by atoms with E-state index in [1.54, 1.807) is 24.3 Å². The maximum absolute atomic E-state index is 13.0. The molecule has 0 radical (unpaired) electrons. The number of rotatable bonds is 4. The summed E-state index contributed by atoms with van der Waals surface area (Å²) < 4.78 is 5.42. The van der Waals surface area contributed by atoms with Crippen molar-refractivity contribution in [3.63, 3.8) is 0 Å². The number of hydrogen-bond donors (Lipinski definition) is 2. The molecule has 1 heterocycles. The standard InChI is InChI=1S/C24H24N2O4/c1-12-6-7-18(13(2)8-12)26-22(27)14-4-3-5-16(9-14)25-23(28)20-15-10-17-19(11-15)30-24(29)21(17)20/h3-9,15,17,19-21H,10-11H2,1-2H3,(H,25,28)(H,26,27)/t15-,17+,19+,20-,21-/m1/s1. The Morgan fingerprint density at radius 3 is 2.67 bits per heavy atom. The molecular weight excluding hydrogens is 380 g/mol. The molecule has 6 nitrogen and oxygen atoms in total. The minimum absolute atomic E-state index is 0.00815. The van der Waals surface area contributed by atoms with Crippen LogP contribution in [0.4, 0.5) is 11.4 Å². The summed E-state index contributed by atoms with van der Waals surface area (Å²) in [5.74, 6) is -0.886. The molecule has 3 aliphatic rings. The predicted octanol–water partition coefficient (Wildman–Crippen LogP) is 3.69. The zero-order valence-corrected chi connectivity index (χ0v) is 17.0. The number of carbonyl (C=O) groups is 3. The lowest BCUT2D eigenvalue weighted by atomic mass is 9.79. The maximum Gasteiger partial charge on any atom is 0.310 e. The Kier molecular flexibility index (Phi) is 4.38. The predicted molar refractivity (Wildman–Crippen MR) is 112 cm³/mol. The third-order valence-corrected chi connectivity index (χ3v) is 6.81. The van der Waals surface area contributed by atoms with Crippen LogP contribution in [0.1, 0.15) is 34.3 Å². The molecule has 2 saturated carbocycles. The Morgan fingerprint density at radius 2 is 1.87 bits per heavy atom. The fourth-order valence-corrected chi connectivity index (χ4v) is 5.48. The van der Waals surface area contributed by atoms with Gasteiger partial charge in [0.2, 0.25) is 5.91 Å². The van der Waals surface area contributed by atoms with Crippen molar-refractivity contribution in [1.82, 2.24) is 0 Å². The minimum Gasteiger partial charge on any atom is -0.462 e. The van der Waals surface area contributed by atoms with Crippen molar-refractivity contribution < 1.29 is 19.1 Å². The van der Waals surface area contributed by atoms with Crippen LogP contribution in [-0.4, -0.2) is 23.9 Å². The highest BCUT2D eigenvalue weighted by atomic mass is 16.6. The summed E-state index contributed by atoms with van der Waals surface area (Å²) in [6.07, 6.45) is 1.68. The average molecular weight is 404 g/mol. The van der Waals surface area contributed by atoms with Gasteiger partial charge in [-0.3, -0.25) is 14.4 Å². The molecule has 2 aromatic rings. The summed E-state index contributed by atoms with van der Waals surface area (Å²) in [4.78, 5) is 37.8. The molecule has 1 aliphatic heterocycles. The van der Waals surface area contributed by atoms with E-state index < -0.39 is 0 Å². The largest absolute Gasteiger partial charge is 0.462 e. The molecule has 0 aromatic heterocycles. The number of amides is 2. The van der Waals surface area contributed by atoms with Crippen LogP contribution in [0.25, 0.3) is 0 Å². The first-order valence-corrected chi connectivity index (χ1v) is 10.4. The number of esters is 1. The van der Waals surface area contributed by atoms with Crippen molar-refractivity contribution in [3.8, 4) is 0 Å². The number of nitrogens with one attached hydrogen (secondary N) is 2. The number of aryl methyl sites for hydroxylation is 2. The highest BCUT2D eigenvalue weighted by Crippen LogP contribution is 2.57. The quantitative estimate of drug-likeness (QED) is 0.761. The van der Waals surface area contributed by atoms with E-state index in [1.807, 2.05) is 32.0 Å². The summed E-state index contributed by atoms with van der Waals surface area (Å²) >= 11 is 0. The van der Waals surface area contributed by atoms with Gasteiger partial charge in [0.15, 0.2) is 0 Å². The van der Waals surface area contributed by atoms with E-state index in [0.29, 0.717) is 11.3 Å². The maximum atomic E-state index is 13.0. The van der Waals surface area contributed by atoms with Gasteiger partial charge < -0.3 is 15.4 Å². The molecule has 6 heteroatoms. The second kappa shape index (κ2) is 6.97. The average Bonchev–Trinajstić information content (AvgIpc) is 3.33. The van der Waals surface area contributed by atoms with Crippen LogP contribution in [0, 0.1) is 37.5 Å². The third kappa shape index (κ3) is 3.07. The molecule has 2 amide bonds. The molecule has 2 aliphatic carbocycles. The Hall–Kier alpha value is -3.15. The summed E-state index contributed by atoms with van der Waals surface area (Å²) in [5.41, 5.74) is 3.90. The molecule has 0 spiro atoms. The van der Waals surface area contributed by atoms with Crippen molar-refractivity contribution in [2.45, 2.75) is 32.8 Å². The Morgan fingerprint density at radius 1 is 1.03 bits per heavy atom. The number of hydrogen-bond acceptors (Lipinski definition) is 4. The van der Waals surface area contributed by atoms with Crippen LogP contribution < -0.4 is 10.6 Å². The number of fused-ring (bicyclic) bond motifs is 1. The van der Waals surface area contributed by atoms with Gasteiger partial charge in [0.25, 0.3) is 5.91 Å². The highest BCUT2D eigenvalue weighted by molar-refractivity contribution is 6.06. The van der Waals surface area contributed by atoms with Crippen LogP contribution >= 0.6 is 0 Å². The van der Waals surface area contributed by atoms with Crippen LogP contribution in [0.3, 0.4) is 0 Å². The van der Waals surface area contributed by atoms with Crippen molar-refractivity contribution in [3.05, 3.63) is 59.2 Å². The molecule has 2 N–H and O–H groups in total. The Balaban J connectivity index is 1.30. The Bertz CT molecular complexity index is 1060. The minimum atomic E-state index is -0.339. The lowest BCUT2D eigenvalue weighted by Crippen LogP contribution is -2.35. The fourth-order valence-electron chi connectivity index (χ4n) is 5.48. The number of anilines is 2. The van der Waals surface area contributed by atoms with Gasteiger partial charge in [-0.25, -0.2) is 0 Å². The van der Waals surface area contributed by atoms with Crippen molar-refractivity contribution in [2.24, 2.45) is 23.7 Å². The first kappa shape index (κ1) is 18.9. The second-order valence-electron chi connectivity index (χ2n) is 8.76. The lowest BCUT2D eigenvalue weighted by molar-refractivity contribution is -0.145. The van der Waals surface area contributed by atoms with E-state index >= 15 is 0 Å². The zero-order valence-electron chi connectivity index (χ0n) is 17.0. The number of benzene rings is 2. The first-order chi connectivity index (χ1) is 14.4. The molecule has 3 fully saturated rings. The van der Waals surface area contributed by atoms with Crippen molar-refractivity contribution in [2.75, 3.05) is 10.6 Å². The fraction of sp³-hybridized carbons (Fsp3) is 0.375. The highest BCUT2D eigenvalue weighted by Gasteiger charge is 2.63. The van der Waals surface area contributed by atoms with E-state index in [4.69, 9.17) is 4.74 Å². The SMILES string of the molecule is Cc1ccc(NC(=O)c2cccc(NC(=O)[C@@H]3[C@@H]4C[C@@H]5[C@H]3C(=O)O[C@H]5C4)c2)c(C)c1. The molecule has 0 unspecified atom stereocenters. The lowest BCUT2D eigenvalue weighted by Gasteiger charge is -2.23. The van der Waals surface area contributed by atoms with Gasteiger partial charge in [-0.2, -0.15) is 0 Å². The second-order valence-corrected chi connectivity index (χ2v) is 8.76. The summed E-state index contributed by atoms with van der Waals surface area (Å²) in [7, 11) is 0. The van der Waals surface area contributed by atoms with Gasteiger partial charge in [0, 0.05) is 22.9 Å². The zero-order chi connectivity index (χ0) is 21.0. The molecule has 154 valence electrons. The molecule has 30 heavy (non-hydrogen) atoms. The van der Waals surface area contributed by atoms with Crippen molar-refractivity contribution in [1.29, 1.82) is 0 Å². The molecule has 1 saturated heterocycles. The van der Waals surface area contributed by atoms with Crippen LogP contribution in [0.2, 0.25) is 0 Å². The van der Waals surface area contributed by atoms with E-state index in [0.717, 1.165) is 29.7 Å². The van der Waals surface area contributed by atoms with E-state index in [1.165, 1.54) is 0 Å². The van der Waals surface area contributed by atoms with Crippen LogP contribution in [0.5, 0.6) is 0 Å². The van der Waals surface area contributed by atoms with Crippen LogP contribution in [-0.2, 0) is 14.3 Å². The van der Waals surface area contributed by atoms with E-state index in [2.05, 4.69) is 10.6 Å². The smallest absolute Gasteiger partial charge is 0.310 e. The van der Waals surface area contributed by atoms with Gasteiger partial charge in [0.1, 0.15) is 6.10 Å². The third-order valence-electron chi connectivity index (χ3n) is 6.81. The summed E-state index contributed by atoms with van der Waals surface area (Å²) in [6.45, 7) is 3.96. The number of carbonyl (C=O) groups excluding carboxylic acids is 3. The topological polar surface area (TPSA) is 84.5 Å². The molecule has 5 atom stereocenters.